The van der Waals surface area contributed by atoms with Crippen LogP contribution < -0.4 is 10.1 Å². The van der Waals surface area contributed by atoms with Gasteiger partial charge in [-0.05, 0) is 32.3 Å². The van der Waals surface area contributed by atoms with Crippen molar-refractivity contribution in [3.05, 3.63) is 51.6 Å². The van der Waals surface area contributed by atoms with Crippen LogP contribution in [0.15, 0.2) is 18.2 Å². The fourth-order valence-corrected chi connectivity index (χ4v) is 6.61. The van der Waals surface area contributed by atoms with Gasteiger partial charge in [0.15, 0.2) is 17.9 Å². The number of methoxy groups -OCH3 is 1. The SMILES string of the molecule is COc1cccc2c1C(=O)c1c(O)c3c(c(O)c1C2=O)CC(C(=O)CO)C[C@@H]3OC1CC[C@H](OC2COCCN2)[C@H](C)O1. The number of hydrogen-bond donors (Lipinski definition) is 4. The zero-order chi connectivity index (χ0) is 30.4. The van der Waals surface area contributed by atoms with Crippen molar-refractivity contribution < 1.29 is 53.4 Å². The molecule has 2 aliphatic carbocycles. The molecule has 0 spiro atoms. The number of hydrogen-bond acceptors (Lipinski definition) is 12. The second kappa shape index (κ2) is 11.9. The first-order valence-corrected chi connectivity index (χ1v) is 14.5. The van der Waals surface area contributed by atoms with E-state index in [-0.39, 0.29) is 70.4 Å². The number of morpholine rings is 1. The number of nitrogens with one attached hydrogen (secondary N) is 1. The number of Topliss-reactive ketones (excluding diaryl/α,β-unsaturated/α-hetero) is 1. The van der Waals surface area contributed by atoms with Crippen LogP contribution in [0.2, 0.25) is 0 Å². The maximum Gasteiger partial charge on any atom is 0.202 e. The lowest BCUT2D eigenvalue weighted by Crippen LogP contribution is -2.49. The lowest BCUT2D eigenvalue weighted by atomic mass is 9.73. The molecule has 2 aromatic carbocycles. The van der Waals surface area contributed by atoms with Crippen LogP contribution >= 0.6 is 0 Å². The number of carbonyl (C=O) groups is 3. The van der Waals surface area contributed by atoms with E-state index >= 15 is 0 Å². The third-order valence-electron chi connectivity index (χ3n) is 8.76. The lowest BCUT2D eigenvalue weighted by Gasteiger charge is -2.40. The Bertz CT molecular complexity index is 1450. The Morgan fingerprint density at radius 1 is 1.07 bits per heavy atom. The zero-order valence-corrected chi connectivity index (χ0v) is 24.0. The zero-order valence-electron chi connectivity index (χ0n) is 24.0. The molecule has 0 bridgehead atoms. The van der Waals surface area contributed by atoms with Gasteiger partial charge in [-0.15, -0.1) is 0 Å². The number of rotatable bonds is 7. The fraction of sp³-hybridized carbons (Fsp3) is 0.516. The van der Waals surface area contributed by atoms with Crippen LogP contribution in [-0.4, -0.2) is 90.9 Å². The van der Waals surface area contributed by atoms with Gasteiger partial charge in [-0.3, -0.25) is 19.7 Å². The summed E-state index contributed by atoms with van der Waals surface area (Å²) in [6, 6.07) is 4.55. The molecular weight excluding hydrogens is 562 g/mol. The van der Waals surface area contributed by atoms with Gasteiger partial charge in [-0.1, -0.05) is 12.1 Å². The number of aliphatic hydroxyl groups excluding tert-OH is 1. The summed E-state index contributed by atoms with van der Waals surface area (Å²) in [4.78, 5) is 40.1. The van der Waals surface area contributed by atoms with E-state index < -0.39 is 53.8 Å². The van der Waals surface area contributed by atoms with Crippen LogP contribution in [0.25, 0.3) is 0 Å². The van der Waals surface area contributed by atoms with Crippen molar-refractivity contribution in [2.45, 2.75) is 63.4 Å². The lowest BCUT2D eigenvalue weighted by molar-refractivity contribution is -0.255. The van der Waals surface area contributed by atoms with E-state index in [9.17, 15) is 29.7 Å². The molecule has 0 amide bonds. The molecule has 4 aliphatic rings. The highest BCUT2D eigenvalue weighted by Crippen LogP contribution is 2.51. The van der Waals surface area contributed by atoms with E-state index in [1.807, 2.05) is 6.92 Å². The van der Waals surface area contributed by atoms with Crippen molar-refractivity contribution in [3.8, 4) is 17.2 Å². The average molecular weight is 598 g/mol. The first-order chi connectivity index (χ1) is 20.7. The summed E-state index contributed by atoms with van der Waals surface area (Å²) >= 11 is 0. The summed E-state index contributed by atoms with van der Waals surface area (Å²) in [6.07, 6.45) is -1.49. The standard InChI is InChI=1S/C31H35NO11/c1-14-19(42-22-13-40-9-8-32-22)6-7-23(41-14)43-21-11-15(18(34)12-33)10-17-25(21)31(38)27-26(29(17)36)28(35)16-4-3-5-20(39-2)24(16)30(27)37/h3-5,14-15,19,21-23,32-33,36,38H,6-13H2,1-2H3/t14-,15?,19-,21-,22?,23?/m0/s1. The van der Waals surface area contributed by atoms with Crippen molar-refractivity contribution in [1.29, 1.82) is 0 Å². The second-order valence-corrected chi connectivity index (χ2v) is 11.3. The van der Waals surface area contributed by atoms with Gasteiger partial charge in [0, 0.05) is 35.6 Å². The van der Waals surface area contributed by atoms with Crippen molar-refractivity contribution in [2.24, 2.45) is 5.92 Å². The summed E-state index contributed by atoms with van der Waals surface area (Å²) in [5.41, 5.74) is -0.397. The van der Waals surface area contributed by atoms with Gasteiger partial charge < -0.3 is 39.0 Å². The third-order valence-corrected chi connectivity index (χ3v) is 8.76. The summed E-state index contributed by atoms with van der Waals surface area (Å²) in [7, 11) is 1.37. The molecule has 2 aromatic rings. The van der Waals surface area contributed by atoms with E-state index in [0.29, 0.717) is 32.6 Å². The number of ether oxygens (including phenoxy) is 5. The average Bonchev–Trinajstić information content (AvgIpc) is 3.02. The van der Waals surface area contributed by atoms with Gasteiger partial charge in [0.05, 0.1) is 55.3 Å². The number of aromatic hydroxyl groups is 2. The molecule has 2 heterocycles. The first-order valence-electron chi connectivity index (χ1n) is 14.5. The summed E-state index contributed by atoms with van der Waals surface area (Å²) in [5.74, 6) is -3.38. The Labute approximate surface area is 247 Å². The smallest absolute Gasteiger partial charge is 0.202 e. The van der Waals surface area contributed by atoms with Crippen molar-refractivity contribution in [3.63, 3.8) is 0 Å². The summed E-state index contributed by atoms with van der Waals surface area (Å²) < 4.78 is 29.4. The van der Waals surface area contributed by atoms with Crippen LogP contribution in [0.4, 0.5) is 0 Å². The number of fused-ring (bicyclic) bond motifs is 3. The van der Waals surface area contributed by atoms with Crippen LogP contribution in [0.5, 0.6) is 17.2 Å². The molecule has 0 radical (unpaired) electrons. The molecule has 2 aliphatic heterocycles. The predicted molar refractivity (Wildman–Crippen MR) is 148 cm³/mol. The second-order valence-electron chi connectivity index (χ2n) is 11.3. The Kier molecular flexibility index (Phi) is 8.24. The van der Waals surface area contributed by atoms with Crippen LogP contribution in [0.3, 0.4) is 0 Å². The molecule has 0 aromatic heterocycles. The number of phenols is 2. The number of phenolic OH excluding ortho intramolecular Hbond substituents is 2. The number of benzene rings is 2. The van der Waals surface area contributed by atoms with E-state index in [2.05, 4.69) is 5.32 Å². The molecule has 0 saturated carbocycles. The molecule has 2 fully saturated rings. The summed E-state index contributed by atoms with van der Waals surface area (Å²) in [6.45, 7) is 2.91. The highest BCUT2D eigenvalue weighted by atomic mass is 16.7. The topological polar surface area (TPSA) is 170 Å². The number of ketones is 3. The number of aliphatic hydroxyl groups is 1. The molecule has 6 rings (SSSR count). The molecular formula is C31H35NO11. The Morgan fingerprint density at radius 2 is 1.86 bits per heavy atom. The number of carbonyl (C=O) groups excluding carboxylic acids is 3. The van der Waals surface area contributed by atoms with E-state index in [1.54, 1.807) is 6.07 Å². The highest BCUT2D eigenvalue weighted by Gasteiger charge is 2.45. The van der Waals surface area contributed by atoms with E-state index in [0.717, 1.165) is 0 Å². The fourth-order valence-electron chi connectivity index (χ4n) is 6.61. The molecule has 6 atom stereocenters. The van der Waals surface area contributed by atoms with Gasteiger partial charge in [-0.2, -0.15) is 0 Å². The minimum Gasteiger partial charge on any atom is -0.507 e. The van der Waals surface area contributed by atoms with Gasteiger partial charge in [0.2, 0.25) is 5.78 Å². The Morgan fingerprint density at radius 3 is 2.56 bits per heavy atom. The van der Waals surface area contributed by atoms with Crippen LogP contribution in [0, 0.1) is 5.92 Å². The first kappa shape index (κ1) is 29.7. The monoisotopic (exact) mass is 597 g/mol. The van der Waals surface area contributed by atoms with E-state index in [4.69, 9.17) is 23.7 Å². The van der Waals surface area contributed by atoms with Crippen LogP contribution in [0.1, 0.15) is 75.3 Å². The van der Waals surface area contributed by atoms with Gasteiger partial charge in [0.25, 0.3) is 0 Å². The Balaban J connectivity index is 1.34. The minimum atomic E-state index is -0.981. The Hall–Kier alpha value is -3.39. The highest BCUT2D eigenvalue weighted by molar-refractivity contribution is 6.31. The summed E-state index contributed by atoms with van der Waals surface area (Å²) in [5, 5.41) is 36.0. The minimum absolute atomic E-state index is 0.00732. The molecule has 12 nitrogen and oxygen atoms in total. The van der Waals surface area contributed by atoms with E-state index in [1.165, 1.54) is 19.2 Å². The molecule has 43 heavy (non-hydrogen) atoms. The molecule has 4 N–H and O–H groups in total. The maximum absolute atomic E-state index is 13.8. The quantitative estimate of drug-likeness (QED) is 0.292. The van der Waals surface area contributed by atoms with Gasteiger partial charge >= 0.3 is 0 Å². The third kappa shape index (κ3) is 5.22. The van der Waals surface area contributed by atoms with Gasteiger partial charge in [0.1, 0.15) is 30.1 Å². The predicted octanol–water partition coefficient (Wildman–Crippen LogP) is 1.92. The molecule has 2 saturated heterocycles. The van der Waals surface area contributed by atoms with Crippen molar-refractivity contribution in [1.82, 2.24) is 5.32 Å². The van der Waals surface area contributed by atoms with Gasteiger partial charge in [-0.25, -0.2) is 0 Å². The molecule has 12 heteroatoms. The van der Waals surface area contributed by atoms with Crippen molar-refractivity contribution >= 4 is 17.3 Å². The maximum atomic E-state index is 13.8. The largest absolute Gasteiger partial charge is 0.507 e. The molecule has 3 unspecified atom stereocenters. The van der Waals surface area contributed by atoms with Crippen LogP contribution in [-0.2, 0) is 30.2 Å². The van der Waals surface area contributed by atoms with Crippen molar-refractivity contribution in [2.75, 3.05) is 33.5 Å². The normalized spacial score (nSPS) is 28.5. The molecule has 230 valence electrons.